The van der Waals surface area contributed by atoms with Gasteiger partial charge < -0.3 is 59.5 Å². The molecule has 1 aliphatic rings. The average molecular weight is 1740 g/mol. The van der Waals surface area contributed by atoms with E-state index in [0.717, 1.165) is 0 Å². The van der Waals surface area contributed by atoms with Gasteiger partial charge in [-0.1, -0.05) is 0 Å². The molecule has 1 amide bonds. The zero-order chi connectivity index (χ0) is 40.0. The Kier molecular flexibility index (Phi) is 54.3. The van der Waals surface area contributed by atoms with Gasteiger partial charge in [-0.15, -0.1) is 0 Å². The quantitative estimate of drug-likeness (QED) is 0.0406. The summed E-state index contributed by atoms with van der Waals surface area (Å²) in [5.41, 5.74) is 0. The van der Waals surface area contributed by atoms with Crippen molar-refractivity contribution in [2.75, 3.05) is 125 Å². The second-order valence-electron chi connectivity index (χ2n) is 10.9. The van der Waals surface area contributed by atoms with Gasteiger partial charge in [-0.3, -0.25) is 47.9 Å². The summed E-state index contributed by atoms with van der Waals surface area (Å²) in [7, 11) is -11.2. The number of carbonyl (C=O) groups excluding carboxylic acids is 1. The number of ether oxygens (including phenoxy) is 3. The van der Waals surface area contributed by atoms with Gasteiger partial charge in [0.05, 0.1) is 65.8 Å². The summed E-state index contributed by atoms with van der Waals surface area (Å²) in [4.78, 5) is 89.6. The van der Waals surface area contributed by atoms with Crippen LogP contribution in [0, 0.1) is 236 Å². The van der Waals surface area contributed by atoms with E-state index in [1.165, 1.54) is 0 Å². The van der Waals surface area contributed by atoms with E-state index in [4.69, 9.17) is 33.8 Å². The second-order valence-corrected chi connectivity index (χ2v) is 15.9. The van der Waals surface area contributed by atoms with Crippen LogP contribution >= 0.6 is 15.2 Å². The van der Waals surface area contributed by atoms with E-state index in [1.807, 2.05) is 0 Å². The fraction of sp³-hybridized carbons (Fsp3) is 0.833. The van der Waals surface area contributed by atoms with E-state index >= 15 is 0 Å². The molecule has 0 bridgehead atoms. The molecule has 9 N–H and O–H groups in total. The monoisotopic (exact) mass is 1740 g/mol. The Morgan fingerprint density at radius 2 is 0.842 bits per heavy atom. The molecule has 346 valence electrons. The van der Waals surface area contributed by atoms with Gasteiger partial charge in [0.15, 0.2) is 0 Å². The van der Waals surface area contributed by atoms with Gasteiger partial charge in [0.1, 0.15) is 0 Å². The number of amides is 1. The van der Waals surface area contributed by atoms with Crippen molar-refractivity contribution in [2.45, 2.75) is 5.08 Å². The number of carboxylic acids is 3. The van der Waals surface area contributed by atoms with Crippen molar-refractivity contribution in [3.63, 3.8) is 0 Å². The molecule has 1 aliphatic heterocycles. The van der Waals surface area contributed by atoms with Crippen LogP contribution < -0.4 is 5.32 Å². The minimum Gasteiger partial charge on any atom is 0 e. The Bertz CT molecular complexity index is 1160. The number of rotatable bonds is 21. The third kappa shape index (κ3) is 39.3. The Hall–Kier alpha value is 5.60. The van der Waals surface area contributed by atoms with Crippen LogP contribution in [0.25, 0.3) is 0 Å². The van der Waals surface area contributed by atoms with Crippen molar-refractivity contribution in [3.05, 3.63) is 0 Å². The molecule has 57 heavy (non-hydrogen) atoms. The molecule has 0 spiro atoms. The van der Waals surface area contributed by atoms with Crippen LogP contribution in [-0.2, 0) is 42.5 Å². The molecule has 0 atom stereocenters. The molecular weight excluding hydrogens is 1690 g/mol. The number of hydrogen-bond acceptors (Lipinski definition) is 14. The molecule has 0 aromatic carbocycles. The van der Waals surface area contributed by atoms with Crippen LogP contribution in [0.5, 0.6) is 0 Å². The van der Waals surface area contributed by atoms with Crippen molar-refractivity contribution in [3.8, 4) is 0 Å². The summed E-state index contributed by atoms with van der Waals surface area (Å²) >= 11 is -4.90. The number of aliphatic hydroxyl groups is 1. The average Bonchev–Trinajstić information content (AvgIpc) is 2.98. The van der Waals surface area contributed by atoms with Crippen molar-refractivity contribution in [2.24, 2.45) is 0 Å². The smallest absolute Gasteiger partial charge is 0 e. The first-order chi connectivity index (χ1) is 24.1. The molecule has 33 heteroatoms. The van der Waals surface area contributed by atoms with Gasteiger partial charge in [-0.05, 0) is 0 Å². The summed E-state index contributed by atoms with van der Waals surface area (Å²) in [6.07, 6.45) is 0. The fourth-order valence-corrected chi connectivity index (χ4v) is 6.17. The Morgan fingerprint density at radius 1 is 0.579 bits per heavy atom. The van der Waals surface area contributed by atoms with Gasteiger partial charge in [0, 0.05) is 219 Å². The first kappa shape index (κ1) is 74.1. The van der Waals surface area contributed by atoms with E-state index < -0.39 is 81.1 Å². The molecule has 1 radical (unpaired) electrons. The number of halogens is 3. The van der Waals surface area contributed by atoms with E-state index in [9.17, 15) is 52.1 Å². The molecule has 0 saturated carbocycles. The number of nitrogens with one attached hydrogen (secondary N) is 1. The molecule has 22 nitrogen and oxygen atoms in total. The Labute approximate surface area is 505 Å². The van der Waals surface area contributed by atoms with E-state index in [-0.39, 0.29) is 324 Å². The predicted molar refractivity (Wildman–Crippen MR) is 166 cm³/mol. The van der Waals surface area contributed by atoms with Gasteiger partial charge >= 0.3 is 113 Å². The third-order valence-corrected chi connectivity index (χ3v) is 10.6. The molecular formula is C24H47F3Gd6N5O17P2+3. The summed E-state index contributed by atoms with van der Waals surface area (Å²) in [5.74, 6) is -3.53. The van der Waals surface area contributed by atoms with Gasteiger partial charge in [-0.2, -0.15) is 0 Å². The van der Waals surface area contributed by atoms with Crippen molar-refractivity contribution < 1.29 is 322 Å². The SMILES string of the molecule is O=C(O)CN1CCN(CC(=O)O)CCN(CC(=O)NCCOCCOCCOCC(O)(P(=O)(O)O)P(=O)(O)O)CCN(CC(=O)O)CC1.[F][Gd]([F])[F].[Gd+3].[Gd].[Gd].[Gd].[Gd]. The maximum absolute atomic E-state index is 12.6. The Balaban J connectivity index is -0.000000687. The minimum absolute atomic E-state index is 0. The van der Waals surface area contributed by atoms with Crippen LogP contribution in [-0.4, -0.2) is 213 Å². The molecule has 0 aliphatic carbocycles. The Morgan fingerprint density at radius 3 is 1.12 bits per heavy atom. The molecule has 0 aromatic heterocycles. The standard InChI is InChI=1S/C24H47N5O17P2.3FH.6Gd/c30-20(25-1-10-44-11-12-45-13-14-46-19-24(37,47(38,39)40)48(41,42)43)15-26-2-4-27(16-21(31)32)6-8-29(18-23(35)36)9-7-28(5-3-26)17-22(33)34;;;;;;;;;/h37H,1-19H2,(H,25,30)(H,31,32)(H,33,34)(H,35,36)(H2,38,39,40)(H2,41,42,43);3*1H;;;;;;/q;;;;;;;;2*+3/p-3. The molecule has 1 fully saturated rings. The van der Waals surface area contributed by atoms with Crippen molar-refractivity contribution in [1.82, 2.24) is 24.9 Å². The van der Waals surface area contributed by atoms with Crippen LogP contribution in [0.15, 0.2) is 0 Å². The largest absolute Gasteiger partial charge is 3.00 e. The van der Waals surface area contributed by atoms with E-state index in [2.05, 4.69) is 5.32 Å². The number of carbonyl (C=O) groups is 4. The number of aliphatic carboxylic acids is 3. The molecule has 0 unspecified atom stereocenters. The van der Waals surface area contributed by atoms with Crippen molar-refractivity contribution in [1.29, 1.82) is 0 Å². The summed E-state index contributed by atoms with van der Waals surface area (Å²) in [6.45, 7) is -0.241. The zero-order valence-electron chi connectivity index (χ0n) is 29.6. The summed E-state index contributed by atoms with van der Waals surface area (Å²) < 4.78 is 67.3. The van der Waals surface area contributed by atoms with E-state index in [1.54, 1.807) is 19.6 Å². The number of hydrogen-bond donors (Lipinski definition) is 9. The van der Waals surface area contributed by atoms with Crippen LogP contribution in [0.1, 0.15) is 0 Å². The first-order valence-corrected chi connectivity index (χ1v) is 20.9. The van der Waals surface area contributed by atoms with Crippen LogP contribution in [0.3, 0.4) is 0 Å². The molecule has 1 saturated heterocycles. The molecule has 1 rings (SSSR count). The predicted octanol–water partition coefficient (Wildman–Crippen LogP) is -3.11. The number of nitrogens with zero attached hydrogens (tertiary/aromatic N) is 4. The normalized spacial score (nSPS) is 15.4. The van der Waals surface area contributed by atoms with Gasteiger partial charge in [0.2, 0.25) is 5.91 Å². The van der Waals surface area contributed by atoms with E-state index in [0.29, 0.717) is 0 Å². The van der Waals surface area contributed by atoms with Crippen LogP contribution in [0.4, 0.5) is 3.35 Å². The van der Waals surface area contributed by atoms with Crippen LogP contribution in [0.2, 0.25) is 0 Å². The first-order valence-electron chi connectivity index (χ1n) is 15.1. The summed E-state index contributed by atoms with van der Waals surface area (Å²) in [5, 5.41) is 36.6. The third-order valence-electron chi connectivity index (χ3n) is 6.91. The van der Waals surface area contributed by atoms with Crippen molar-refractivity contribution >= 4 is 39.0 Å². The maximum atomic E-state index is 12.6. The van der Waals surface area contributed by atoms with Gasteiger partial charge in [0.25, 0.3) is 5.08 Å². The minimum atomic E-state index is -5.62. The maximum Gasteiger partial charge on any atom is 3.00 e. The molecule has 1 heterocycles. The molecule has 0 aromatic rings. The van der Waals surface area contributed by atoms with Gasteiger partial charge in [-0.25, -0.2) is 0 Å². The number of carboxylic acid groups (broad SMARTS) is 3. The summed E-state index contributed by atoms with van der Waals surface area (Å²) in [6, 6.07) is 0. The topological polar surface area (TPSA) is 317 Å². The second kappa shape index (κ2) is 41.8. The fourth-order valence-electron chi connectivity index (χ4n) is 4.29. The zero-order valence-corrected chi connectivity index (χ0v) is 45.0.